The van der Waals surface area contributed by atoms with Crippen molar-refractivity contribution in [2.45, 2.75) is 32.4 Å². The number of para-hydroxylation sites is 1. The van der Waals surface area contributed by atoms with E-state index < -0.39 is 0 Å². The molecule has 1 aliphatic heterocycles. The summed E-state index contributed by atoms with van der Waals surface area (Å²) in [4.78, 5) is 2.23. The van der Waals surface area contributed by atoms with Crippen molar-refractivity contribution in [1.29, 1.82) is 0 Å². The first kappa shape index (κ1) is 15.1. The molecule has 1 aromatic carbocycles. The van der Waals surface area contributed by atoms with Crippen LogP contribution in [-0.4, -0.2) is 44.3 Å². The van der Waals surface area contributed by atoms with E-state index in [0.29, 0.717) is 0 Å². The Morgan fingerprint density at radius 1 is 1.20 bits per heavy atom. The Morgan fingerprint density at radius 2 is 1.95 bits per heavy atom. The molecule has 0 atom stereocenters. The second kappa shape index (κ2) is 6.46. The van der Waals surface area contributed by atoms with Crippen molar-refractivity contribution in [3.63, 3.8) is 0 Å². The second-order valence-electron chi connectivity index (χ2n) is 6.11. The minimum Gasteiger partial charge on any atom is -0.490 e. The van der Waals surface area contributed by atoms with Crippen LogP contribution in [0.3, 0.4) is 0 Å². The number of nitrogens with zero attached hydrogens (tertiary/aromatic N) is 1. The lowest BCUT2D eigenvalue weighted by atomic mass is 10.0. The third-order valence-corrected chi connectivity index (χ3v) is 3.94. The summed E-state index contributed by atoms with van der Waals surface area (Å²) in [5, 5.41) is 3.52. The van der Waals surface area contributed by atoms with Crippen LogP contribution < -0.4 is 14.8 Å². The van der Waals surface area contributed by atoms with Crippen molar-refractivity contribution >= 4 is 0 Å². The molecule has 1 aromatic rings. The lowest BCUT2D eigenvalue weighted by molar-refractivity contribution is 0.189. The van der Waals surface area contributed by atoms with Gasteiger partial charge in [0.2, 0.25) is 0 Å². The van der Waals surface area contributed by atoms with E-state index >= 15 is 0 Å². The second-order valence-corrected chi connectivity index (χ2v) is 6.11. The summed E-state index contributed by atoms with van der Waals surface area (Å²) in [6, 6.07) is 6.11. The summed E-state index contributed by atoms with van der Waals surface area (Å²) in [6.45, 7) is 7.63. The van der Waals surface area contributed by atoms with E-state index in [9.17, 15) is 0 Å². The molecule has 0 amide bonds. The van der Waals surface area contributed by atoms with E-state index in [0.717, 1.165) is 44.2 Å². The molecule has 1 aliphatic rings. The van der Waals surface area contributed by atoms with Gasteiger partial charge in [-0.15, -0.1) is 0 Å². The molecule has 0 aliphatic carbocycles. The summed E-state index contributed by atoms with van der Waals surface area (Å²) in [5.41, 5.74) is 1.29. The number of nitrogens with one attached hydrogen (secondary N) is 1. The summed E-state index contributed by atoms with van der Waals surface area (Å²) in [7, 11) is 4.21. The van der Waals surface area contributed by atoms with E-state index in [1.54, 1.807) is 0 Å². The average Bonchev–Trinajstić information content (AvgIpc) is 2.64. The zero-order valence-corrected chi connectivity index (χ0v) is 13.0. The minimum absolute atomic E-state index is 0.128. The van der Waals surface area contributed by atoms with Gasteiger partial charge in [-0.2, -0.15) is 0 Å². The van der Waals surface area contributed by atoms with Crippen molar-refractivity contribution in [3.05, 3.63) is 23.8 Å². The Bertz CT molecular complexity index is 444. The Hall–Kier alpha value is -1.26. The predicted octanol–water partition coefficient (Wildman–Crippen LogP) is 2.28. The SMILES string of the molecule is CN(C)C(C)(C)CNCc1cccc2c1OCCCO2. The van der Waals surface area contributed by atoms with Gasteiger partial charge in [-0.1, -0.05) is 12.1 Å². The maximum absolute atomic E-state index is 5.83. The molecule has 1 N–H and O–H groups in total. The van der Waals surface area contributed by atoms with Gasteiger partial charge < -0.3 is 19.7 Å². The lowest BCUT2D eigenvalue weighted by Crippen LogP contribution is -2.46. The standard InChI is InChI=1S/C16H26N2O2/c1-16(2,18(3)4)12-17-11-13-7-5-8-14-15(13)20-10-6-9-19-14/h5,7-8,17H,6,9-12H2,1-4H3. The Balaban J connectivity index is 2.00. The molecule has 20 heavy (non-hydrogen) atoms. The number of hydrogen-bond acceptors (Lipinski definition) is 4. The molecule has 0 bridgehead atoms. The van der Waals surface area contributed by atoms with E-state index in [2.05, 4.69) is 44.2 Å². The van der Waals surface area contributed by atoms with Crippen LogP contribution in [0.5, 0.6) is 11.5 Å². The largest absolute Gasteiger partial charge is 0.490 e. The normalized spacial score (nSPS) is 15.2. The fourth-order valence-corrected chi connectivity index (χ4v) is 2.05. The van der Waals surface area contributed by atoms with Crippen LogP contribution in [0.25, 0.3) is 0 Å². The number of hydrogen-bond donors (Lipinski definition) is 1. The van der Waals surface area contributed by atoms with Gasteiger partial charge in [0.05, 0.1) is 13.2 Å². The highest BCUT2D eigenvalue weighted by Gasteiger charge is 2.20. The maximum Gasteiger partial charge on any atom is 0.165 e. The highest BCUT2D eigenvalue weighted by Crippen LogP contribution is 2.33. The molecule has 0 aromatic heterocycles. The third-order valence-electron chi connectivity index (χ3n) is 3.94. The van der Waals surface area contributed by atoms with Gasteiger partial charge in [-0.05, 0) is 34.0 Å². The number of rotatable bonds is 5. The van der Waals surface area contributed by atoms with Crippen LogP contribution in [0, 0.1) is 0 Å². The van der Waals surface area contributed by atoms with Gasteiger partial charge in [0.1, 0.15) is 0 Å². The fraction of sp³-hybridized carbons (Fsp3) is 0.625. The number of likely N-dealkylation sites (N-methyl/N-ethyl adjacent to an activating group) is 1. The van der Waals surface area contributed by atoms with Gasteiger partial charge in [0.25, 0.3) is 0 Å². The van der Waals surface area contributed by atoms with Gasteiger partial charge in [-0.3, -0.25) is 0 Å². The van der Waals surface area contributed by atoms with E-state index in [1.165, 1.54) is 5.56 Å². The van der Waals surface area contributed by atoms with Crippen molar-refractivity contribution < 1.29 is 9.47 Å². The first-order chi connectivity index (χ1) is 9.50. The Labute approximate surface area is 122 Å². The molecule has 0 fully saturated rings. The number of fused-ring (bicyclic) bond motifs is 1. The van der Waals surface area contributed by atoms with Crippen LogP contribution in [0.4, 0.5) is 0 Å². The molecule has 112 valence electrons. The summed E-state index contributed by atoms with van der Waals surface area (Å²) >= 11 is 0. The lowest BCUT2D eigenvalue weighted by Gasteiger charge is -2.32. The van der Waals surface area contributed by atoms with Crippen molar-refractivity contribution in [2.75, 3.05) is 33.9 Å². The minimum atomic E-state index is 0.128. The molecule has 4 heteroatoms. The van der Waals surface area contributed by atoms with Crippen LogP contribution in [0.15, 0.2) is 18.2 Å². The number of ether oxygens (including phenoxy) is 2. The van der Waals surface area contributed by atoms with Gasteiger partial charge in [0.15, 0.2) is 11.5 Å². The molecule has 0 unspecified atom stereocenters. The zero-order chi connectivity index (χ0) is 14.6. The molecular weight excluding hydrogens is 252 g/mol. The van der Waals surface area contributed by atoms with Gasteiger partial charge in [0, 0.05) is 30.6 Å². The van der Waals surface area contributed by atoms with Crippen molar-refractivity contribution in [3.8, 4) is 11.5 Å². The Morgan fingerprint density at radius 3 is 2.70 bits per heavy atom. The molecule has 4 nitrogen and oxygen atoms in total. The molecule has 1 heterocycles. The molecule has 0 radical (unpaired) electrons. The Kier molecular flexibility index (Phi) is 4.89. The summed E-state index contributed by atoms with van der Waals surface area (Å²) < 4.78 is 11.5. The average molecular weight is 278 g/mol. The van der Waals surface area contributed by atoms with Crippen LogP contribution in [0.1, 0.15) is 25.8 Å². The van der Waals surface area contributed by atoms with Crippen LogP contribution in [0.2, 0.25) is 0 Å². The summed E-state index contributed by atoms with van der Waals surface area (Å²) in [5.74, 6) is 1.77. The summed E-state index contributed by atoms with van der Waals surface area (Å²) in [6.07, 6.45) is 0.940. The number of benzene rings is 1. The molecular formula is C16H26N2O2. The first-order valence-corrected chi connectivity index (χ1v) is 7.26. The smallest absolute Gasteiger partial charge is 0.165 e. The molecule has 0 saturated carbocycles. The van der Waals surface area contributed by atoms with Crippen LogP contribution >= 0.6 is 0 Å². The van der Waals surface area contributed by atoms with Gasteiger partial charge in [-0.25, -0.2) is 0 Å². The molecule has 2 rings (SSSR count). The van der Waals surface area contributed by atoms with Crippen molar-refractivity contribution in [2.24, 2.45) is 0 Å². The molecule has 0 spiro atoms. The van der Waals surface area contributed by atoms with E-state index in [1.807, 2.05) is 12.1 Å². The quantitative estimate of drug-likeness (QED) is 0.896. The zero-order valence-electron chi connectivity index (χ0n) is 13.0. The molecule has 0 saturated heterocycles. The third kappa shape index (κ3) is 3.64. The van der Waals surface area contributed by atoms with E-state index in [-0.39, 0.29) is 5.54 Å². The predicted molar refractivity (Wildman–Crippen MR) is 81.5 cm³/mol. The van der Waals surface area contributed by atoms with Gasteiger partial charge >= 0.3 is 0 Å². The maximum atomic E-state index is 5.83. The fourth-order valence-electron chi connectivity index (χ4n) is 2.05. The first-order valence-electron chi connectivity index (χ1n) is 7.26. The van der Waals surface area contributed by atoms with Crippen molar-refractivity contribution in [1.82, 2.24) is 10.2 Å². The highest BCUT2D eigenvalue weighted by atomic mass is 16.5. The van der Waals surface area contributed by atoms with Crippen LogP contribution in [-0.2, 0) is 6.54 Å². The van der Waals surface area contributed by atoms with E-state index in [4.69, 9.17) is 9.47 Å². The monoisotopic (exact) mass is 278 g/mol. The highest BCUT2D eigenvalue weighted by molar-refractivity contribution is 5.47. The topological polar surface area (TPSA) is 33.7 Å².